The zero-order valence-corrected chi connectivity index (χ0v) is 8.75. The fourth-order valence-corrected chi connectivity index (χ4v) is 1.78. The lowest BCUT2D eigenvalue weighted by atomic mass is 10.0. The van der Waals surface area contributed by atoms with Gasteiger partial charge >= 0.3 is 0 Å². The van der Waals surface area contributed by atoms with E-state index in [1.165, 1.54) is 16.7 Å². The number of aryl methyl sites for hydroxylation is 2. The van der Waals surface area contributed by atoms with E-state index in [1.807, 2.05) is 0 Å². The molecule has 0 bridgehead atoms. The largest absolute Gasteiger partial charge is 0.311 e. The molecule has 0 saturated heterocycles. The van der Waals surface area contributed by atoms with Crippen LogP contribution in [0.2, 0.25) is 0 Å². The molecule has 1 aromatic rings. The van der Waals surface area contributed by atoms with E-state index in [2.05, 4.69) is 54.8 Å². The van der Waals surface area contributed by atoms with Crippen LogP contribution in [0.1, 0.15) is 16.7 Å². The summed E-state index contributed by atoms with van der Waals surface area (Å²) in [5.74, 6) is 0. The van der Waals surface area contributed by atoms with Crippen molar-refractivity contribution in [3.63, 3.8) is 0 Å². The van der Waals surface area contributed by atoms with E-state index in [-0.39, 0.29) is 0 Å². The van der Waals surface area contributed by atoms with Crippen molar-refractivity contribution < 1.29 is 0 Å². The smallest absolute Gasteiger partial charge is 0.0593 e. The van der Waals surface area contributed by atoms with Crippen molar-refractivity contribution in [3.05, 3.63) is 47.2 Å². The zero-order chi connectivity index (χ0) is 9.97. The van der Waals surface area contributed by atoms with E-state index in [1.54, 1.807) is 0 Å². The number of benzene rings is 1. The summed E-state index contributed by atoms with van der Waals surface area (Å²) in [7, 11) is 0. The Kier molecular flexibility index (Phi) is 2.55. The summed E-state index contributed by atoms with van der Waals surface area (Å²) >= 11 is 0. The maximum Gasteiger partial charge on any atom is 0.0593 e. The Bertz CT molecular complexity index is 335. The quantitative estimate of drug-likeness (QED) is 0.765. The molecule has 1 aromatic carbocycles. The molecule has 0 aliphatic carbocycles. The van der Waals surface area contributed by atoms with Gasteiger partial charge in [0.25, 0.3) is 0 Å². The highest BCUT2D eigenvalue weighted by atomic mass is 15.5. The van der Waals surface area contributed by atoms with E-state index in [0.29, 0.717) is 0 Å². The van der Waals surface area contributed by atoms with Gasteiger partial charge in [-0.2, -0.15) is 0 Å². The van der Waals surface area contributed by atoms with Crippen molar-refractivity contribution in [2.45, 2.75) is 20.4 Å². The third-order valence-electron chi connectivity index (χ3n) is 2.67. The number of nitrogens with one attached hydrogen (secondary N) is 1. The summed E-state index contributed by atoms with van der Waals surface area (Å²) in [6.45, 7) is 6.24. The molecule has 2 heteroatoms. The molecule has 0 saturated carbocycles. The molecule has 0 spiro atoms. The molecule has 14 heavy (non-hydrogen) atoms. The third-order valence-corrected chi connectivity index (χ3v) is 2.67. The van der Waals surface area contributed by atoms with Crippen LogP contribution in [-0.2, 0) is 6.54 Å². The molecule has 2 rings (SSSR count). The number of hydrogen-bond donors (Lipinski definition) is 1. The standard InChI is InChI=1S/C12H16N2/c1-10-5-3-6-11(2)12(10)9-14-8-4-7-13-14/h3-6,8,13H,7,9H2,1-2H3. The van der Waals surface area contributed by atoms with Crippen LogP contribution >= 0.6 is 0 Å². The lowest BCUT2D eigenvalue weighted by Crippen LogP contribution is -2.28. The van der Waals surface area contributed by atoms with Gasteiger partial charge in [-0.05, 0) is 30.5 Å². The summed E-state index contributed by atoms with van der Waals surface area (Å²) in [6.07, 6.45) is 4.24. The molecule has 0 fully saturated rings. The SMILES string of the molecule is Cc1cccc(C)c1CN1C=CCN1. The van der Waals surface area contributed by atoms with Gasteiger partial charge < -0.3 is 5.01 Å². The highest BCUT2D eigenvalue weighted by Gasteiger charge is 2.07. The monoisotopic (exact) mass is 188 g/mol. The molecular formula is C12H16N2. The third kappa shape index (κ3) is 1.80. The molecule has 0 atom stereocenters. The molecule has 1 heterocycles. The first-order valence-corrected chi connectivity index (χ1v) is 4.99. The molecule has 74 valence electrons. The first kappa shape index (κ1) is 9.28. The first-order chi connectivity index (χ1) is 6.77. The van der Waals surface area contributed by atoms with E-state index in [9.17, 15) is 0 Å². The van der Waals surface area contributed by atoms with Crippen LogP contribution in [-0.4, -0.2) is 11.6 Å². The Morgan fingerprint density at radius 3 is 2.57 bits per heavy atom. The molecule has 1 aliphatic heterocycles. The van der Waals surface area contributed by atoms with Crippen molar-refractivity contribution in [1.29, 1.82) is 0 Å². The Labute approximate surface area is 85.2 Å². The number of hydrazine groups is 1. The second-order valence-electron chi connectivity index (χ2n) is 3.75. The normalized spacial score (nSPS) is 15.1. The van der Waals surface area contributed by atoms with Crippen molar-refractivity contribution in [2.75, 3.05) is 6.54 Å². The maximum absolute atomic E-state index is 3.28. The van der Waals surface area contributed by atoms with Crippen LogP contribution in [0, 0.1) is 13.8 Å². The minimum absolute atomic E-state index is 0.949. The molecule has 1 aliphatic rings. The second-order valence-corrected chi connectivity index (χ2v) is 3.75. The Morgan fingerprint density at radius 2 is 2.00 bits per heavy atom. The van der Waals surface area contributed by atoms with E-state index in [0.717, 1.165) is 13.1 Å². The van der Waals surface area contributed by atoms with Gasteiger partial charge in [-0.3, -0.25) is 0 Å². The topological polar surface area (TPSA) is 15.3 Å². The van der Waals surface area contributed by atoms with Gasteiger partial charge in [-0.15, -0.1) is 0 Å². The van der Waals surface area contributed by atoms with Crippen LogP contribution in [0.5, 0.6) is 0 Å². The van der Waals surface area contributed by atoms with Gasteiger partial charge in [0.15, 0.2) is 0 Å². The van der Waals surface area contributed by atoms with Crippen molar-refractivity contribution >= 4 is 0 Å². The van der Waals surface area contributed by atoms with E-state index < -0.39 is 0 Å². The first-order valence-electron chi connectivity index (χ1n) is 4.99. The van der Waals surface area contributed by atoms with Gasteiger partial charge in [0.2, 0.25) is 0 Å². The van der Waals surface area contributed by atoms with Gasteiger partial charge in [0.05, 0.1) is 6.54 Å². The lowest BCUT2D eigenvalue weighted by Gasteiger charge is -2.19. The number of rotatable bonds is 2. The average Bonchev–Trinajstić information content (AvgIpc) is 2.64. The molecule has 0 radical (unpaired) electrons. The zero-order valence-electron chi connectivity index (χ0n) is 8.75. The maximum atomic E-state index is 3.28. The highest BCUT2D eigenvalue weighted by molar-refractivity contribution is 5.33. The van der Waals surface area contributed by atoms with Crippen LogP contribution < -0.4 is 5.43 Å². The predicted molar refractivity (Wildman–Crippen MR) is 58.6 cm³/mol. The lowest BCUT2D eigenvalue weighted by molar-refractivity contribution is 0.297. The summed E-state index contributed by atoms with van der Waals surface area (Å²) in [6, 6.07) is 6.45. The Hall–Kier alpha value is -1.28. The van der Waals surface area contributed by atoms with Crippen LogP contribution in [0.15, 0.2) is 30.5 Å². The molecule has 0 aromatic heterocycles. The molecular weight excluding hydrogens is 172 g/mol. The molecule has 0 unspecified atom stereocenters. The number of hydrogen-bond acceptors (Lipinski definition) is 2. The fourth-order valence-electron chi connectivity index (χ4n) is 1.78. The fraction of sp³-hybridized carbons (Fsp3) is 0.333. The molecule has 1 N–H and O–H groups in total. The van der Waals surface area contributed by atoms with Gasteiger partial charge in [0.1, 0.15) is 0 Å². The minimum atomic E-state index is 0.949. The Morgan fingerprint density at radius 1 is 1.29 bits per heavy atom. The van der Waals surface area contributed by atoms with Crippen molar-refractivity contribution in [3.8, 4) is 0 Å². The average molecular weight is 188 g/mol. The van der Waals surface area contributed by atoms with Gasteiger partial charge in [0, 0.05) is 12.7 Å². The minimum Gasteiger partial charge on any atom is -0.311 e. The number of nitrogens with zero attached hydrogens (tertiary/aromatic N) is 1. The summed E-state index contributed by atoms with van der Waals surface area (Å²) in [5, 5.41) is 2.13. The van der Waals surface area contributed by atoms with Crippen LogP contribution in [0.3, 0.4) is 0 Å². The molecule has 0 amide bonds. The predicted octanol–water partition coefficient (Wildman–Crippen LogP) is 2.14. The Balaban J connectivity index is 2.19. The van der Waals surface area contributed by atoms with Crippen LogP contribution in [0.25, 0.3) is 0 Å². The second kappa shape index (κ2) is 3.84. The van der Waals surface area contributed by atoms with E-state index in [4.69, 9.17) is 0 Å². The van der Waals surface area contributed by atoms with Crippen LogP contribution in [0.4, 0.5) is 0 Å². The van der Waals surface area contributed by atoms with E-state index >= 15 is 0 Å². The summed E-state index contributed by atoms with van der Waals surface area (Å²) in [4.78, 5) is 0. The van der Waals surface area contributed by atoms with Crippen molar-refractivity contribution in [1.82, 2.24) is 10.4 Å². The molecule has 2 nitrogen and oxygen atoms in total. The highest BCUT2D eigenvalue weighted by Crippen LogP contribution is 2.15. The van der Waals surface area contributed by atoms with Gasteiger partial charge in [-0.1, -0.05) is 24.3 Å². The summed E-state index contributed by atoms with van der Waals surface area (Å²) < 4.78 is 0. The van der Waals surface area contributed by atoms with Gasteiger partial charge in [-0.25, -0.2) is 5.43 Å². The van der Waals surface area contributed by atoms with Crippen molar-refractivity contribution in [2.24, 2.45) is 0 Å². The summed E-state index contributed by atoms with van der Waals surface area (Å²) in [5.41, 5.74) is 7.44.